The van der Waals surface area contributed by atoms with Crippen LogP contribution in [-0.4, -0.2) is 191 Å². The van der Waals surface area contributed by atoms with Crippen LogP contribution in [0.15, 0.2) is 11.6 Å². The number of ether oxygens (including phenoxy) is 6. The second-order valence-electron chi connectivity index (χ2n) is 23.0. The molecule has 0 radical (unpaired) electrons. The summed E-state index contributed by atoms with van der Waals surface area (Å²) in [6, 6.07) is 0. The lowest BCUT2D eigenvalue weighted by atomic mass is 9.38. The molecule has 0 aromatic rings. The summed E-state index contributed by atoms with van der Waals surface area (Å²) >= 11 is 0. The number of aliphatic hydroxyl groups excluding tert-OH is 11. The molecule has 4 aliphatic carbocycles. The number of aliphatic hydroxyl groups is 12. The molecule has 66 heavy (non-hydrogen) atoms. The highest BCUT2D eigenvalue weighted by molar-refractivity contribution is 5.32. The van der Waals surface area contributed by atoms with Crippen LogP contribution in [0.25, 0.3) is 0 Å². The number of hydrogen-bond donors (Lipinski definition) is 12. The third-order valence-electron chi connectivity index (χ3n) is 18.4. The molecule has 12 N–H and O–H groups in total. The highest BCUT2D eigenvalue weighted by Crippen LogP contribution is 2.75. The molecule has 7 rings (SSSR count). The predicted molar refractivity (Wildman–Crippen MR) is 234 cm³/mol. The molecular formula is C48H82O18. The van der Waals surface area contributed by atoms with Crippen LogP contribution in [0.4, 0.5) is 0 Å². The summed E-state index contributed by atoms with van der Waals surface area (Å²) in [6.07, 6.45) is -15.7. The SMILES string of the molecule is C[C@H](CCCC(C)(C)O)C1CC[C@@]2(C)C3CC=C4C(CC[C@H](O[C@@H]5O[C@H](CO)[C@@H](O)[C@H](O)[C@H]5OC5O[C@@H](CO[C@@H]6O[C@H](CO)[C@@H](O)[C@H](O)[C@H]6O)[C@H](O)[C@@H](O)[C@@H]5O)C4(C)C)[C@]3(C)[C@H](O)C[C@]12C. The molecule has 7 aliphatic rings. The smallest absolute Gasteiger partial charge is 0.187 e. The van der Waals surface area contributed by atoms with Crippen molar-refractivity contribution in [2.45, 2.75) is 223 Å². The summed E-state index contributed by atoms with van der Waals surface area (Å²) in [7, 11) is 0. The van der Waals surface area contributed by atoms with Gasteiger partial charge in [0, 0.05) is 10.8 Å². The number of hydrogen-bond acceptors (Lipinski definition) is 18. The van der Waals surface area contributed by atoms with Gasteiger partial charge in [0.25, 0.3) is 0 Å². The number of fused-ring (bicyclic) bond motifs is 5. The largest absolute Gasteiger partial charge is 0.394 e. The van der Waals surface area contributed by atoms with Gasteiger partial charge in [0.1, 0.15) is 73.2 Å². The van der Waals surface area contributed by atoms with Crippen LogP contribution in [0.3, 0.4) is 0 Å². The average Bonchev–Trinajstić information content (AvgIpc) is 3.52. The van der Waals surface area contributed by atoms with Crippen LogP contribution in [0.1, 0.15) is 113 Å². The van der Waals surface area contributed by atoms with E-state index in [9.17, 15) is 61.3 Å². The van der Waals surface area contributed by atoms with Gasteiger partial charge >= 0.3 is 0 Å². The number of allylic oxidation sites excluding steroid dienone is 1. The molecule has 0 spiro atoms. The molecular weight excluding hydrogens is 865 g/mol. The summed E-state index contributed by atoms with van der Waals surface area (Å²) in [4.78, 5) is 0. The third-order valence-corrected chi connectivity index (χ3v) is 18.4. The maximum absolute atomic E-state index is 12.5. The molecule has 0 bridgehead atoms. The van der Waals surface area contributed by atoms with Gasteiger partial charge in [-0.3, -0.25) is 0 Å². The highest BCUT2D eigenvalue weighted by Gasteiger charge is 2.70. The van der Waals surface area contributed by atoms with Gasteiger partial charge in [-0.2, -0.15) is 0 Å². The topological polar surface area (TPSA) is 298 Å². The fourth-order valence-corrected chi connectivity index (χ4v) is 14.1. The lowest BCUT2D eigenvalue weighted by Gasteiger charge is -2.67. The Morgan fingerprint density at radius 1 is 0.697 bits per heavy atom. The van der Waals surface area contributed by atoms with Crippen molar-refractivity contribution in [3.8, 4) is 0 Å². The zero-order valence-corrected chi connectivity index (χ0v) is 40.0. The molecule has 0 amide bonds. The lowest BCUT2D eigenvalue weighted by Crippen LogP contribution is -2.66. The van der Waals surface area contributed by atoms with E-state index in [0.29, 0.717) is 31.1 Å². The van der Waals surface area contributed by atoms with Crippen molar-refractivity contribution < 1.29 is 89.7 Å². The van der Waals surface area contributed by atoms with E-state index in [-0.39, 0.29) is 22.7 Å². The van der Waals surface area contributed by atoms with Gasteiger partial charge in [-0.15, -0.1) is 0 Å². The first-order valence-electron chi connectivity index (χ1n) is 24.4. The Morgan fingerprint density at radius 3 is 1.89 bits per heavy atom. The zero-order chi connectivity index (χ0) is 48.6. The average molecular weight is 947 g/mol. The fraction of sp³-hybridized carbons (Fsp3) is 0.958. The van der Waals surface area contributed by atoms with Crippen molar-refractivity contribution in [1.29, 1.82) is 0 Å². The summed E-state index contributed by atoms with van der Waals surface area (Å²) in [5.74, 6) is 1.20. The number of rotatable bonds is 14. The molecule has 3 heterocycles. The van der Waals surface area contributed by atoms with Crippen LogP contribution < -0.4 is 0 Å². The first-order chi connectivity index (χ1) is 30.8. The summed E-state index contributed by atoms with van der Waals surface area (Å²) in [5.41, 5.74) is -0.652. The molecule has 24 atom stereocenters. The highest BCUT2D eigenvalue weighted by atomic mass is 16.8. The van der Waals surface area contributed by atoms with Gasteiger partial charge in [-0.25, -0.2) is 0 Å². The normalized spacial score (nSPS) is 51.1. The van der Waals surface area contributed by atoms with Crippen molar-refractivity contribution in [3.63, 3.8) is 0 Å². The quantitative estimate of drug-likeness (QED) is 0.102. The van der Waals surface area contributed by atoms with Crippen molar-refractivity contribution >= 4 is 0 Å². The molecule has 382 valence electrons. The lowest BCUT2D eigenvalue weighted by molar-refractivity contribution is -0.378. The van der Waals surface area contributed by atoms with E-state index in [0.717, 1.165) is 44.1 Å². The molecule has 0 aromatic carbocycles. The molecule has 4 unspecified atom stereocenters. The molecule has 3 aliphatic heterocycles. The van der Waals surface area contributed by atoms with Crippen molar-refractivity contribution in [2.24, 2.45) is 45.3 Å². The van der Waals surface area contributed by atoms with Crippen LogP contribution in [-0.2, 0) is 28.4 Å². The minimum atomic E-state index is -1.90. The zero-order valence-electron chi connectivity index (χ0n) is 40.0. The molecule has 6 fully saturated rings. The Hall–Kier alpha value is -0.980. The van der Waals surface area contributed by atoms with E-state index in [2.05, 4.69) is 47.6 Å². The Kier molecular flexibility index (Phi) is 15.7. The third kappa shape index (κ3) is 9.12. The monoisotopic (exact) mass is 947 g/mol. The van der Waals surface area contributed by atoms with Gasteiger partial charge in [0.2, 0.25) is 0 Å². The van der Waals surface area contributed by atoms with Gasteiger partial charge in [0.15, 0.2) is 18.9 Å². The van der Waals surface area contributed by atoms with Crippen molar-refractivity contribution in [2.75, 3.05) is 19.8 Å². The standard InChI is InChI=1S/C48H82O18/c1-22(10-9-16-44(2,3)60)23-15-17-46(6)29-13-11-24-25(48(29,8)30(51)18-47(23,46)7)12-14-31(45(24,4)5)65-43-40(37(57)33(53)27(20-50)63-43)66-42-39(59)36(56)34(54)28(64-42)21-61-41-38(58)35(55)32(52)26(19-49)62-41/h11,22-23,25-43,49-60H,9-10,12-21H2,1-8H3/t22-,23?,25?,26-,27-,28+,29?,30-,31+,32-,33-,34+,35+,36-,37+,38-,39+,40-,41-,42?,43+,46+,47-,48+/m1/s1. The van der Waals surface area contributed by atoms with E-state index in [4.69, 9.17) is 28.4 Å². The van der Waals surface area contributed by atoms with Gasteiger partial charge in [0.05, 0.1) is 37.6 Å². The molecule has 3 saturated carbocycles. The fourth-order valence-electron chi connectivity index (χ4n) is 14.1. The molecule has 18 nitrogen and oxygen atoms in total. The maximum atomic E-state index is 12.5. The molecule has 18 heteroatoms. The minimum Gasteiger partial charge on any atom is -0.394 e. The first-order valence-corrected chi connectivity index (χ1v) is 24.4. The Labute approximate surface area is 388 Å². The van der Waals surface area contributed by atoms with Crippen LogP contribution in [0.2, 0.25) is 0 Å². The van der Waals surface area contributed by atoms with Gasteiger partial charge < -0.3 is 89.7 Å². The van der Waals surface area contributed by atoms with Crippen LogP contribution >= 0.6 is 0 Å². The summed E-state index contributed by atoms with van der Waals surface area (Å²) in [5, 5.41) is 129. The molecule has 3 saturated heterocycles. The Balaban J connectivity index is 1.07. The van der Waals surface area contributed by atoms with E-state index in [1.165, 1.54) is 0 Å². The predicted octanol–water partition coefficient (Wildman–Crippen LogP) is -0.0268. The Bertz CT molecular complexity index is 1680. The van der Waals surface area contributed by atoms with Crippen LogP contribution in [0, 0.1) is 45.3 Å². The van der Waals surface area contributed by atoms with Crippen molar-refractivity contribution in [3.05, 3.63) is 11.6 Å². The van der Waals surface area contributed by atoms with Gasteiger partial charge in [-0.1, -0.05) is 66.0 Å². The van der Waals surface area contributed by atoms with E-state index >= 15 is 0 Å². The van der Waals surface area contributed by atoms with Crippen molar-refractivity contribution in [1.82, 2.24) is 0 Å². The minimum absolute atomic E-state index is 0.00704. The second-order valence-corrected chi connectivity index (χ2v) is 23.0. The Morgan fingerprint density at radius 2 is 1.27 bits per heavy atom. The molecule has 0 aromatic heterocycles. The second kappa shape index (κ2) is 19.6. The van der Waals surface area contributed by atoms with Gasteiger partial charge in [-0.05, 0) is 93.3 Å². The van der Waals surface area contributed by atoms with E-state index < -0.39 is 141 Å². The summed E-state index contributed by atoms with van der Waals surface area (Å²) in [6.45, 7) is 15.4. The maximum Gasteiger partial charge on any atom is 0.187 e. The van der Waals surface area contributed by atoms with E-state index in [1.54, 1.807) is 0 Å². The van der Waals surface area contributed by atoms with Crippen LogP contribution in [0.5, 0.6) is 0 Å². The first kappa shape index (κ1) is 52.8. The summed E-state index contributed by atoms with van der Waals surface area (Å²) < 4.78 is 35.8. The van der Waals surface area contributed by atoms with E-state index in [1.807, 2.05) is 13.8 Å².